The Bertz CT molecular complexity index is 527. The number of ketones is 1. The number of rotatable bonds is 3. The van der Waals surface area contributed by atoms with Crippen molar-refractivity contribution in [1.29, 1.82) is 0 Å². The number of alkyl halides is 2. The molecule has 0 saturated carbocycles. The first-order valence-electron chi connectivity index (χ1n) is 4.04. The van der Waals surface area contributed by atoms with Gasteiger partial charge in [0, 0.05) is 6.26 Å². The molecule has 0 aliphatic carbocycles. The van der Waals surface area contributed by atoms with Crippen molar-refractivity contribution in [2.75, 3.05) is 6.26 Å². The number of halogens is 3. The predicted molar refractivity (Wildman–Crippen MR) is 71.3 cm³/mol. The van der Waals surface area contributed by atoms with Gasteiger partial charge in [-0.3, -0.25) is 4.79 Å². The maximum absolute atomic E-state index is 13.3. The largest absolute Gasteiger partial charge is 0.290 e. The molecule has 3 nitrogen and oxygen atoms in total. The van der Waals surface area contributed by atoms with E-state index in [0.29, 0.717) is 0 Å². The summed E-state index contributed by atoms with van der Waals surface area (Å²) in [5, 5.41) is 0. The molecule has 0 aliphatic heterocycles. The summed E-state index contributed by atoms with van der Waals surface area (Å²) >= 11 is 4.26. The van der Waals surface area contributed by atoms with E-state index in [1.807, 2.05) is 0 Å². The summed E-state index contributed by atoms with van der Waals surface area (Å²) < 4.78 is 34.2. The Morgan fingerprint density at radius 2 is 1.94 bits per heavy atom. The Morgan fingerprint density at radius 1 is 1.44 bits per heavy atom. The zero-order valence-corrected chi connectivity index (χ0v) is 12.6. The zero-order chi connectivity index (χ0) is 12.6. The first-order chi connectivity index (χ1) is 7.18. The van der Waals surface area contributed by atoms with Crippen LogP contribution in [0.4, 0.5) is 4.39 Å². The highest BCUT2D eigenvalue weighted by Gasteiger charge is 2.44. The van der Waals surface area contributed by atoms with Gasteiger partial charge in [0.05, 0.1) is 5.56 Å². The molecule has 1 atom stereocenters. The highest BCUT2D eigenvalue weighted by atomic mass is 127. The average Bonchev–Trinajstić information content (AvgIpc) is 2.15. The van der Waals surface area contributed by atoms with Crippen LogP contribution in [0, 0.1) is 5.82 Å². The maximum Gasteiger partial charge on any atom is 0.239 e. The Labute approximate surface area is 115 Å². The van der Waals surface area contributed by atoms with Gasteiger partial charge >= 0.3 is 0 Å². The molecule has 1 unspecified atom stereocenters. The average molecular weight is 421 g/mol. The molecule has 0 aliphatic rings. The van der Waals surface area contributed by atoms with Gasteiger partial charge in [0.2, 0.25) is 7.45 Å². The Morgan fingerprint density at radius 3 is 2.38 bits per heavy atom. The number of carbonyl (C=O) groups is 1. The first kappa shape index (κ1) is 14.0. The number of hydrogen-bond donors (Lipinski definition) is 0. The van der Waals surface area contributed by atoms with Crippen LogP contribution in [0.15, 0.2) is 24.3 Å². The second-order valence-corrected chi connectivity index (χ2v) is 10.8. The van der Waals surface area contributed by atoms with Crippen LogP contribution in [0.1, 0.15) is 10.4 Å². The standard InChI is InChI=1S/C9H7BrFIO3S/c1-16(14,15)9(10,12)8(13)6-4-2-3-5-7(6)11/h2-5H,1H3. The van der Waals surface area contributed by atoms with Gasteiger partial charge in [-0.1, -0.05) is 12.1 Å². The summed E-state index contributed by atoms with van der Waals surface area (Å²) in [6.07, 6.45) is 0.910. The van der Waals surface area contributed by atoms with Gasteiger partial charge in [0.25, 0.3) is 0 Å². The fourth-order valence-corrected chi connectivity index (χ4v) is 1.92. The molecule has 0 fully saturated rings. The fourth-order valence-electron chi connectivity index (χ4n) is 0.971. The van der Waals surface area contributed by atoms with Crippen molar-refractivity contribution in [3.05, 3.63) is 35.6 Å². The van der Waals surface area contributed by atoms with Crippen molar-refractivity contribution < 1.29 is 17.6 Å². The first-order valence-corrected chi connectivity index (χ1v) is 7.81. The van der Waals surface area contributed by atoms with Crippen LogP contribution < -0.4 is 0 Å². The zero-order valence-electron chi connectivity index (χ0n) is 8.08. The van der Waals surface area contributed by atoms with E-state index in [9.17, 15) is 17.6 Å². The third kappa shape index (κ3) is 2.62. The van der Waals surface area contributed by atoms with Crippen LogP contribution >= 0.6 is 38.5 Å². The fraction of sp³-hybridized carbons (Fsp3) is 0.222. The number of benzene rings is 1. The van der Waals surface area contributed by atoms with Crippen LogP contribution in [-0.4, -0.2) is 22.1 Å². The van der Waals surface area contributed by atoms with Gasteiger partial charge in [-0.2, -0.15) is 0 Å². The van der Waals surface area contributed by atoms with Crippen LogP contribution in [0.2, 0.25) is 0 Å². The molecular formula is C9H7BrFIO3S. The Balaban J connectivity index is 3.29. The molecule has 0 bridgehead atoms. The minimum atomic E-state index is -3.68. The molecule has 1 aromatic carbocycles. The summed E-state index contributed by atoms with van der Waals surface area (Å²) in [6, 6.07) is 5.25. The summed E-state index contributed by atoms with van der Waals surface area (Å²) in [6.45, 7) is 0. The van der Waals surface area contributed by atoms with Crippen molar-refractivity contribution in [3.8, 4) is 0 Å². The van der Waals surface area contributed by atoms with Crippen molar-refractivity contribution in [2.24, 2.45) is 0 Å². The van der Waals surface area contributed by atoms with Gasteiger partial charge in [-0.15, -0.1) is 0 Å². The van der Waals surface area contributed by atoms with E-state index >= 15 is 0 Å². The summed E-state index contributed by atoms with van der Waals surface area (Å²) in [5.74, 6) is -1.56. The van der Waals surface area contributed by atoms with Gasteiger partial charge < -0.3 is 0 Å². The predicted octanol–water partition coefficient (Wildman–Crippen LogP) is 2.54. The Kier molecular flexibility index (Phi) is 4.12. The van der Waals surface area contributed by atoms with E-state index < -0.39 is 23.1 Å². The molecule has 0 amide bonds. The van der Waals surface area contributed by atoms with Crippen molar-refractivity contribution in [3.63, 3.8) is 0 Å². The van der Waals surface area contributed by atoms with Gasteiger partial charge in [0.15, 0.2) is 9.84 Å². The van der Waals surface area contributed by atoms with E-state index in [4.69, 9.17) is 0 Å². The van der Waals surface area contributed by atoms with Crippen molar-refractivity contribution in [2.45, 2.75) is 1.66 Å². The molecule has 0 aromatic heterocycles. The summed E-state index contributed by atoms with van der Waals surface area (Å²) in [4.78, 5) is 11.9. The maximum atomic E-state index is 13.3. The normalized spacial score (nSPS) is 15.5. The third-order valence-corrected chi connectivity index (χ3v) is 7.98. The number of sulfone groups is 1. The lowest BCUT2D eigenvalue weighted by atomic mass is 10.1. The second kappa shape index (κ2) is 4.69. The number of hydrogen-bond acceptors (Lipinski definition) is 3. The quantitative estimate of drug-likeness (QED) is 0.429. The van der Waals surface area contributed by atoms with Crippen molar-refractivity contribution >= 4 is 54.1 Å². The lowest BCUT2D eigenvalue weighted by Gasteiger charge is -2.17. The molecule has 0 saturated heterocycles. The third-order valence-electron chi connectivity index (χ3n) is 1.85. The smallest absolute Gasteiger partial charge is 0.239 e. The molecule has 88 valence electrons. The van der Waals surface area contributed by atoms with E-state index in [0.717, 1.165) is 12.3 Å². The van der Waals surface area contributed by atoms with Gasteiger partial charge in [0.1, 0.15) is 5.82 Å². The van der Waals surface area contributed by atoms with E-state index in [-0.39, 0.29) is 5.56 Å². The topological polar surface area (TPSA) is 51.2 Å². The second-order valence-electron chi connectivity index (χ2n) is 3.10. The highest BCUT2D eigenvalue weighted by Crippen LogP contribution is 2.36. The monoisotopic (exact) mass is 420 g/mol. The lowest BCUT2D eigenvalue weighted by molar-refractivity contribution is 0.100. The highest BCUT2D eigenvalue weighted by molar-refractivity contribution is 14.1. The van der Waals surface area contributed by atoms with E-state index in [1.54, 1.807) is 0 Å². The Hall–Kier alpha value is -0.0200. The molecular weight excluding hydrogens is 414 g/mol. The molecule has 0 radical (unpaired) electrons. The molecule has 16 heavy (non-hydrogen) atoms. The van der Waals surface area contributed by atoms with Crippen LogP contribution in [0.5, 0.6) is 0 Å². The van der Waals surface area contributed by atoms with Crippen LogP contribution in [0.25, 0.3) is 0 Å². The van der Waals surface area contributed by atoms with Crippen molar-refractivity contribution in [1.82, 2.24) is 0 Å². The van der Waals surface area contributed by atoms with E-state index in [2.05, 4.69) is 15.9 Å². The number of Topliss-reactive ketones (excluding diaryl/α,β-unsaturated/α-hetero) is 1. The minimum Gasteiger partial charge on any atom is -0.290 e. The van der Waals surface area contributed by atoms with Crippen LogP contribution in [-0.2, 0) is 9.84 Å². The molecule has 0 spiro atoms. The van der Waals surface area contributed by atoms with Crippen LogP contribution in [0.3, 0.4) is 0 Å². The molecule has 0 N–H and O–H groups in total. The summed E-state index contributed by atoms with van der Waals surface area (Å²) in [5.41, 5.74) is -0.251. The molecule has 7 heteroatoms. The van der Waals surface area contributed by atoms with Gasteiger partial charge in [-0.25, -0.2) is 12.8 Å². The molecule has 0 heterocycles. The summed E-state index contributed by atoms with van der Waals surface area (Å²) in [7, 11) is -3.68. The van der Waals surface area contributed by atoms with E-state index in [1.165, 1.54) is 40.8 Å². The number of carbonyl (C=O) groups excluding carboxylic acids is 1. The minimum absolute atomic E-state index is 0.251. The SMILES string of the molecule is CS(=O)(=O)C(Br)(I)C(=O)c1ccccc1F. The lowest BCUT2D eigenvalue weighted by Crippen LogP contribution is -2.34. The van der Waals surface area contributed by atoms with Gasteiger partial charge in [-0.05, 0) is 50.7 Å². The molecule has 1 aromatic rings. The molecule has 1 rings (SSSR count).